The van der Waals surface area contributed by atoms with Gasteiger partial charge in [-0.2, -0.15) is 5.10 Å². The van der Waals surface area contributed by atoms with Gasteiger partial charge in [-0.15, -0.1) is 24.0 Å². The molecule has 1 aliphatic heterocycles. The highest BCUT2D eigenvalue weighted by Gasteiger charge is 2.25. The Bertz CT molecular complexity index is 881. The topological polar surface area (TPSA) is 76.8 Å². The molecule has 1 unspecified atom stereocenters. The standard InChI is InChI=1S/C23H34N6O2.HI/c1-17-4-6-20(7-5-17)31-22-12-18(8-9-25-22)13-26-23(24-2)29-10-11-30-21(16-29)19-14-27-28(3)15-19;/h8-9,12,14-15,17,20-21H,4-7,10-11,13,16H2,1-3H3,(H,24,26);1H. The highest BCUT2D eigenvalue weighted by Crippen LogP contribution is 2.27. The van der Waals surface area contributed by atoms with Crippen molar-refractivity contribution in [2.45, 2.75) is 51.4 Å². The first kappa shape index (κ1) is 24.8. The lowest BCUT2D eigenvalue weighted by atomic mass is 9.89. The summed E-state index contributed by atoms with van der Waals surface area (Å²) in [5.41, 5.74) is 2.23. The summed E-state index contributed by atoms with van der Waals surface area (Å²) in [6.45, 7) is 5.20. The molecule has 0 amide bonds. The van der Waals surface area contributed by atoms with Gasteiger partial charge in [-0.25, -0.2) is 4.98 Å². The average Bonchev–Trinajstić information content (AvgIpc) is 3.23. The van der Waals surface area contributed by atoms with E-state index < -0.39 is 0 Å². The van der Waals surface area contributed by atoms with Crippen LogP contribution >= 0.6 is 24.0 Å². The summed E-state index contributed by atoms with van der Waals surface area (Å²) in [6, 6.07) is 4.06. The number of nitrogens with one attached hydrogen (secondary N) is 1. The number of guanidine groups is 1. The van der Waals surface area contributed by atoms with E-state index in [0.29, 0.717) is 13.2 Å². The van der Waals surface area contributed by atoms with Crippen molar-refractivity contribution in [3.63, 3.8) is 0 Å². The molecule has 0 spiro atoms. The van der Waals surface area contributed by atoms with E-state index in [1.54, 1.807) is 0 Å². The molecule has 1 saturated heterocycles. The Hall–Kier alpha value is -1.88. The summed E-state index contributed by atoms with van der Waals surface area (Å²) in [7, 11) is 3.74. The Morgan fingerprint density at radius 2 is 2.12 bits per heavy atom. The number of nitrogens with zero attached hydrogens (tertiary/aromatic N) is 5. The van der Waals surface area contributed by atoms with Crippen LogP contribution in [0.3, 0.4) is 0 Å². The lowest BCUT2D eigenvalue weighted by molar-refractivity contribution is -0.00805. The number of morpholine rings is 1. The van der Waals surface area contributed by atoms with Gasteiger partial charge < -0.3 is 19.7 Å². The normalized spacial score (nSPS) is 24.0. The first-order chi connectivity index (χ1) is 15.1. The molecule has 0 radical (unpaired) electrons. The van der Waals surface area contributed by atoms with Crippen LogP contribution < -0.4 is 10.1 Å². The van der Waals surface area contributed by atoms with Crippen molar-refractivity contribution in [1.29, 1.82) is 0 Å². The van der Waals surface area contributed by atoms with Crippen LogP contribution in [-0.2, 0) is 18.3 Å². The van der Waals surface area contributed by atoms with Gasteiger partial charge in [0.05, 0.1) is 19.3 Å². The SMILES string of the molecule is CN=C(NCc1ccnc(OC2CCC(C)CC2)c1)N1CCOC(c2cnn(C)c2)C1.I. The molecule has 1 atom stereocenters. The van der Waals surface area contributed by atoms with Crippen molar-refractivity contribution >= 4 is 29.9 Å². The molecule has 2 aromatic rings. The van der Waals surface area contributed by atoms with Gasteiger partial charge in [0.2, 0.25) is 5.88 Å². The predicted molar refractivity (Wildman–Crippen MR) is 135 cm³/mol. The second-order valence-corrected chi connectivity index (χ2v) is 8.66. The quantitative estimate of drug-likeness (QED) is 0.346. The Morgan fingerprint density at radius 3 is 2.84 bits per heavy atom. The Balaban J connectivity index is 0.00000289. The molecule has 9 heteroatoms. The largest absolute Gasteiger partial charge is 0.474 e. The average molecular weight is 554 g/mol. The maximum Gasteiger partial charge on any atom is 0.213 e. The highest BCUT2D eigenvalue weighted by molar-refractivity contribution is 14.0. The number of hydrogen-bond donors (Lipinski definition) is 1. The predicted octanol–water partition coefficient (Wildman–Crippen LogP) is 3.54. The first-order valence-corrected chi connectivity index (χ1v) is 11.3. The zero-order valence-corrected chi connectivity index (χ0v) is 21.6. The number of aromatic nitrogens is 3. The first-order valence-electron chi connectivity index (χ1n) is 11.3. The molecule has 0 bridgehead atoms. The van der Waals surface area contributed by atoms with Crippen molar-refractivity contribution in [3.8, 4) is 5.88 Å². The zero-order valence-electron chi connectivity index (χ0n) is 19.2. The van der Waals surface area contributed by atoms with Gasteiger partial charge in [0.25, 0.3) is 0 Å². The molecule has 1 N–H and O–H groups in total. The lowest BCUT2D eigenvalue weighted by Crippen LogP contribution is -2.47. The lowest BCUT2D eigenvalue weighted by Gasteiger charge is -2.34. The van der Waals surface area contributed by atoms with Crippen LogP contribution in [-0.4, -0.2) is 58.5 Å². The van der Waals surface area contributed by atoms with Gasteiger partial charge in [0.1, 0.15) is 12.2 Å². The van der Waals surface area contributed by atoms with Crippen molar-refractivity contribution < 1.29 is 9.47 Å². The van der Waals surface area contributed by atoms with Crippen molar-refractivity contribution in [3.05, 3.63) is 41.9 Å². The molecule has 2 fully saturated rings. The zero-order chi connectivity index (χ0) is 21.6. The van der Waals surface area contributed by atoms with Gasteiger partial charge in [0, 0.05) is 51.2 Å². The molecule has 2 aromatic heterocycles. The summed E-state index contributed by atoms with van der Waals surface area (Å²) in [4.78, 5) is 11.2. The fourth-order valence-electron chi connectivity index (χ4n) is 4.31. The van der Waals surface area contributed by atoms with E-state index in [1.807, 2.05) is 49.5 Å². The maximum atomic E-state index is 6.15. The van der Waals surface area contributed by atoms with Crippen LogP contribution in [0, 0.1) is 5.92 Å². The summed E-state index contributed by atoms with van der Waals surface area (Å²) >= 11 is 0. The second kappa shape index (κ2) is 11.8. The molecule has 4 rings (SSSR count). The molecular formula is C23H35IN6O2. The summed E-state index contributed by atoms with van der Waals surface area (Å²) in [6.07, 6.45) is 10.7. The van der Waals surface area contributed by atoms with Crippen LogP contribution in [0.1, 0.15) is 49.8 Å². The molecule has 176 valence electrons. The van der Waals surface area contributed by atoms with E-state index in [9.17, 15) is 0 Å². The minimum Gasteiger partial charge on any atom is -0.474 e. The number of pyridine rings is 1. The van der Waals surface area contributed by atoms with Crippen LogP contribution in [0.25, 0.3) is 0 Å². The molecular weight excluding hydrogens is 519 g/mol. The molecule has 32 heavy (non-hydrogen) atoms. The fraction of sp³-hybridized carbons (Fsp3) is 0.609. The van der Waals surface area contributed by atoms with Crippen molar-refractivity contribution in [2.24, 2.45) is 18.0 Å². The number of aliphatic imine (C=N–C) groups is 1. The van der Waals surface area contributed by atoms with E-state index in [0.717, 1.165) is 54.8 Å². The third-order valence-corrected chi connectivity index (χ3v) is 6.17. The van der Waals surface area contributed by atoms with E-state index in [-0.39, 0.29) is 36.2 Å². The van der Waals surface area contributed by atoms with Crippen molar-refractivity contribution in [1.82, 2.24) is 25.0 Å². The summed E-state index contributed by atoms with van der Waals surface area (Å²) in [5.74, 6) is 2.41. The minimum atomic E-state index is 0. The van der Waals surface area contributed by atoms with E-state index in [2.05, 4.69) is 32.2 Å². The van der Waals surface area contributed by atoms with E-state index in [4.69, 9.17) is 9.47 Å². The van der Waals surface area contributed by atoms with E-state index in [1.165, 1.54) is 12.8 Å². The third-order valence-electron chi connectivity index (χ3n) is 6.17. The van der Waals surface area contributed by atoms with Gasteiger partial charge >= 0.3 is 0 Å². The second-order valence-electron chi connectivity index (χ2n) is 8.66. The minimum absolute atomic E-state index is 0. The van der Waals surface area contributed by atoms with Crippen LogP contribution in [0.15, 0.2) is 35.7 Å². The Kier molecular flexibility index (Phi) is 9.15. The Morgan fingerprint density at radius 1 is 1.31 bits per heavy atom. The maximum absolute atomic E-state index is 6.15. The van der Waals surface area contributed by atoms with Crippen molar-refractivity contribution in [2.75, 3.05) is 26.7 Å². The summed E-state index contributed by atoms with van der Waals surface area (Å²) < 4.78 is 13.9. The van der Waals surface area contributed by atoms with Gasteiger partial charge in [-0.1, -0.05) is 6.92 Å². The smallest absolute Gasteiger partial charge is 0.213 e. The van der Waals surface area contributed by atoms with Crippen LogP contribution in [0.4, 0.5) is 0 Å². The molecule has 2 aliphatic rings. The van der Waals surface area contributed by atoms with Crippen LogP contribution in [0.2, 0.25) is 0 Å². The number of rotatable bonds is 5. The number of ether oxygens (including phenoxy) is 2. The monoisotopic (exact) mass is 554 g/mol. The molecule has 1 aliphatic carbocycles. The number of halogens is 1. The summed E-state index contributed by atoms with van der Waals surface area (Å²) in [5, 5.41) is 7.75. The molecule has 3 heterocycles. The third kappa shape index (κ3) is 6.57. The molecule has 8 nitrogen and oxygen atoms in total. The van der Waals surface area contributed by atoms with Gasteiger partial charge in [-0.3, -0.25) is 9.67 Å². The number of aryl methyl sites for hydroxylation is 1. The fourth-order valence-corrected chi connectivity index (χ4v) is 4.31. The van der Waals surface area contributed by atoms with Gasteiger partial charge in [-0.05, 0) is 43.2 Å². The van der Waals surface area contributed by atoms with Crippen LogP contribution in [0.5, 0.6) is 5.88 Å². The molecule has 1 saturated carbocycles. The highest BCUT2D eigenvalue weighted by atomic mass is 127. The Labute approximate surface area is 207 Å². The van der Waals surface area contributed by atoms with Gasteiger partial charge in [0.15, 0.2) is 5.96 Å². The number of hydrogen-bond acceptors (Lipinski definition) is 5. The molecule has 0 aromatic carbocycles. The van der Waals surface area contributed by atoms with E-state index >= 15 is 0 Å².